The quantitative estimate of drug-likeness (QED) is 0.254. The largest absolute Gasteiger partial charge is 0.506 e. The Morgan fingerprint density at radius 1 is 1.15 bits per heavy atom. The molecule has 2 amide bonds. The van der Waals surface area contributed by atoms with Crippen LogP contribution in [0.25, 0.3) is 0 Å². The Labute approximate surface area is 202 Å². The summed E-state index contributed by atoms with van der Waals surface area (Å²) in [5.74, 6) is 0.508. The summed E-state index contributed by atoms with van der Waals surface area (Å²) in [6.45, 7) is 5.13. The van der Waals surface area contributed by atoms with E-state index in [-0.39, 0.29) is 22.9 Å². The number of hydrogen-bond acceptors (Lipinski definition) is 5. The number of aliphatic hydroxyl groups excluding tert-OH is 1. The van der Waals surface area contributed by atoms with Crippen LogP contribution < -0.4 is 16.0 Å². The second-order valence-corrected chi connectivity index (χ2v) is 9.91. The normalized spacial score (nSPS) is 15.5. The van der Waals surface area contributed by atoms with Crippen molar-refractivity contribution in [1.82, 2.24) is 10.6 Å². The average molecular weight is 468 g/mol. The van der Waals surface area contributed by atoms with Crippen LogP contribution in [0.4, 0.5) is 5.69 Å². The van der Waals surface area contributed by atoms with Gasteiger partial charge in [0.2, 0.25) is 6.41 Å². The summed E-state index contributed by atoms with van der Waals surface area (Å²) in [6, 6.07) is 12.3. The number of nitrogens with one attached hydrogen (secondary N) is 3. The summed E-state index contributed by atoms with van der Waals surface area (Å²) in [5, 5.41) is 29.3. The molecule has 7 heteroatoms. The SMILES string of the molecule is CC(C)(Cc1cccc(C(=O)NCC2CCCCC2)c1)NC[C@@H](O)c1ccc(O)c(NC=O)c1. The molecule has 0 saturated heterocycles. The number of phenols is 1. The zero-order valence-electron chi connectivity index (χ0n) is 20.1. The molecular weight excluding hydrogens is 430 g/mol. The van der Waals surface area contributed by atoms with Gasteiger partial charge in [-0.25, -0.2) is 0 Å². The van der Waals surface area contributed by atoms with Crippen LogP contribution in [0.3, 0.4) is 0 Å². The van der Waals surface area contributed by atoms with Gasteiger partial charge in [0.15, 0.2) is 0 Å². The molecule has 2 aromatic carbocycles. The van der Waals surface area contributed by atoms with Crippen LogP contribution in [-0.2, 0) is 11.2 Å². The van der Waals surface area contributed by atoms with Gasteiger partial charge in [0.1, 0.15) is 5.75 Å². The molecule has 0 aromatic heterocycles. The molecule has 2 aromatic rings. The summed E-state index contributed by atoms with van der Waals surface area (Å²) in [5.41, 5.74) is 2.22. The molecule has 3 rings (SSSR count). The number of aromatic hydroxyl groups is 1. The molecule has 1 saturated carbocycles. The number of hydrogen-bond donors (Lipinski definition) is 5. The minimum atomic E-state index is -0.816. The molecule has 0 unspecified atom stereocenters. The van der Waals surface area contributed by atoms with Crippen molar-refractivity contribution in [2.75, 3.05) is 18.4 Å². The van der Waals surface area contributed by atoms with E-state index < -0.39 is 6.10 Å². The van der Waals surface area contributed by atoms with Crippen molar-refractivity contribution in [3.8, 4) is 5.75 Å². The van der Waals surface area contributed by atoms with Crippen LogP contribution in [0.5, 0.6) is 5.75 Å². The van der Waals surface area contributed by atoms with E-state index in [1.54, 1.807) is 12.1 Å². The van der Waals surface area contributed by atoms with E-state index >= 15 is 0 Å². The van der Waals surface area contributed by atoms with Crippen molar-refractivity contribution >= 4 is 18.0 Å². The van der Waals surface area contributed by atoms with Crippen molar-refractivity contribution in [3.05, 3.63) is 59.2 Å². The molecule has 1 aliphatic carbocycles. The van der Waals surface area contributed by atoms with E-state index in [4.69, 9.17) is 0 Å². The van der Waals surface area contributed by atoms with E-state index in [1.165, 1.54) is 38.2 Å². The molecule has 184 valence electrons. The van der Waals surface area contributed by atoms with E-state index in [0.29, 0.717) is 36.4 Å². The van der Waals surface area contributed by atoms with Gasteiger partial charge in [0.05, 0.1) is 11.8 Å². The second-order valence-electron chi connectivity index (χ2n) is 9.91. The lowest BCUT2D eigenvalue weighted by atomic mass is 9.89. The fourth-order valence-corrected chi connectivity index (χ4v) is 4.56. The third kappa shape index (κ3) is 7.57. The van der Waals surface area contributed by atoms with Crippen LogP contribution in [-0.4, -0.2) is 41.2 Å². The zero-order valence-corrected chi connectivity index (χ0v) is 20.1. The zero-order chi connectivity index (χ0) is 24.6. The molecule has 1 fully saturated rings. The van der Waals surface area contributed by atoms with Crippen LogP contribution in [0.1, 0.15) is 73.5 Å². The van der Waals surface area contributed by atoms with Crippen molar-refractivity contribution < 1.29 is 19.8 Å². The Balaban J connectivity index is 1.54. The predicted octanol–water partition coefficient (Wildman–Crippen LogP) is 3.91. The minimum Gasteiger partial charge on any atom is -0.506 e. The second kappa shape index (κ2) is 12.0. The fourth-order valence-electron chi connectivity index (χ4n) is 4.56. The Bertz CT molecular complexity index is 970. The molecule has 0 heterocycles. The number of rotatable bonds is 11. The Morgan fingerprint density at radius 2 is 1.91 bits per heavy atom. The van der Waals surface area contributed by atoms with Gasteiger partial charge in [-0.2, -0.15) is 0 Å². The Hall–Kier alpha value is -2.90. The topological polar surface area (TPSA) is 111 Å². The van der Waals surface area contributed by atoms with Crippen LogP contribution in [0.15, 0.2) is 42.5 Å². The van der Waals surface area contributed by atoms with Crippen LogP contribution in [0, 0.1) is 5.92 Å². The Kier molecular flexibility index (Phi) is 9.07. The molecule has 34 heavy (non-hydrogen) atoms. The smallest absolute Gasteiger partial charge is 0.251 e. The lowest BCUT2D eigenvalue weighted by Gasteiger charge is -2.28. The van der Waals surface area contributed by atoms with Gasteiger partial charge in [-0.3, -0.25) is 9.59 Å². The number of anilines is 1. The molecule has 1 atom stereocenters. The maximum Gasteiger partial charge on any atom is 0.251 e. The number of phenolic OH excluding ortho intramolecular Hbond substituents is 1. The number of carbonyl (C=O) groups is 2. The average Bonchev–Trinajstić information content (AvgIpc) is 2.83. The number of benzene rings is 2. The highest BCUT2D eigenvalue weighted by molar-refractivity contribution is 5.94. The number of aliphatic hydroxyl groups is 1. The van der Waals surface area contributed by atoms with Crippen molar-refractivity contribution in [1.29, 1.82) is 0 Å². The third-order valence-electron chi connectivity index (χ3n) is 6.51. The van der Waals surface area contributed by atoms with Gasteiger partial charge >= 0.3 is 0 Å². The van der Waals surface area contributed by atoms with E-state index in [1.807, 2.05) is 38.1 Å². The number of amides is 2. The monoisotopic (exact) mass is 467 g/mol. The molecule has 0 spiro atoms. The first-order chi connectivity index (χ1) is 16.3. The molecule has 0 radical (unpaired) electrons. The lowest BCUT2D eigenvalue weighted by molar-refractivity contribution is -0.105. The van der Waals surface area contributed by atoms with Crippen LogP contribution in [0.2, 0.25) is 0 Å². The van der Waals surface area contributed by atoms with Gasteiger partial charge in [-0.1, -0.05) is 37.5 Å². The van der Waals surface area contributed by atoms with Gasteiger partial charge in [0, 0.05) is 24.2 Å². The van der Waals surface area contributed by atoms with Crippen molar-refractivity contribution in [2.45, 2.75) is 64.0 Å². The van der Waals surface area contributed by atoms with Gasteiger partial charge < -0.3 is 26.2 Å². The van der Waals surface area contributed by atoms with Crippen molar-refractivity contribution in [3.63, 3.8) is 0 Å². The molecule has 5 N–H and O–H groups in total. The summed E-state index contributed by atoms with van der Waals surface area (Å²) in [6.07, 6.45) is 6.57. The van der Waals surface area contributed by atoms with Gasteiger partial charge in [-0.15, -0.1) is 0 Å². The highest BCUT2D eigenvalue weighted by atomic mass is 16.3. The summed E-state index contributed by atoms with van der Waals surface area (Å²) in [4.78, 5) is 23.4. The lowest BCUT2D eigenvalue weighted by Crippen LogP contribution is -2.43. The fraction of sp³-hybridized carbons (Fsp3) is 0.481. The number of carbonyl (C=O) groups excluding carboxylic acids is 2. The first-order valence-corrected chi connectivity index (χ1v) is 12.1. The van der Waals surface area contributed by atoms with Crippen LogP contribution >= 0.6 is 0 Å². The third-order valence-corrected chi connectivity index (χ3v) is 6.51. The molecule has 7 nitrogen and oxygen atoms in total. The highest BCUT2D eigenvalue weighted by Crippen LogP contribution is 2.27. The summed E-state index contributed by atoms with van der Waals surface area (Å²) in [7, 11) is 0. The van der Waals surface area contributed by atoms with E-state index in [2.05, 4.69) is 16.0 Å². The highest BCUT2D eigenvalue weighted by Gasteiger charge is 2.21. The summed E-state index contributed by atoms with van der Waals surface area (Å²) < 4.78 is 0. The molecular formula is C27H37N3O4. The number of β-amino-alcohol motifs (C(OH)–C–C–N with tert-alkyl or cyclic N) is 1. The first-order valence-electron chi connectivity index (χ1n) is 12.1. The first kappa shape index (κ1) is 25.7. The maximum absolute atomic E-state index is 12.7. The predicted molar refractivity (Wildman–Crippen MR) is 134 cm³/mol. The molecule has 0 aliphatic heterocycles. The van der Waals surface area contributed by atoms with E-state index in [9.17, 15) is 19.8 Å². The molecule has 0 bridgehead atoms. The maximum atomic E-state index is 12.7. The Morgan fingerprint density at radius 3 is 2.65 bits per heavy atom. The van der Waals surface area contributed by atoms with Gasteiger partial charge in [0.25, 0.3) is 5.91 Å². The standard InChI is InChI=1S/C27H37N3O4/c1-27(2,30-17-25(33)21-11-12-24(32)23(14-21)29-18-31)15-20-9-6-10-22(13-20)26(34)28-16-19-7-4-3-5-8-19/h6,9-14,18-19,25,30,32-33H,3-5,7-8,15-17H2,1-2H3,(H,28,34)(H,29,31)/t25-/m1/s1. The summed E-state index contributed by atoms with van der Waals surface area (Å²) >= 11 is 0. The minimum absolute atomic E-state index is 0.0271. The van der Waals surface area contributed by atoms with Gasteiger partial charge in [-0.05, 0) is 74.4 Å². The van der Waals surface area contributed by atoms with E-state index in [0.717, 1.165) is 12.1 Å². The van der Waals surface area contributed by atoms with Crippen molar-refractivity contribution in [2.24, 2.45) is 5.92 Å². The molecule has 1 aliphatic rings.